The van der Waals surface area contributed by atoms with Gasteiger partial charge in [-0.05, 0) is 24.6 Å². The van der Waals surface area contributed by atoms with Crippen molar-refractivity contribution in [2.75, 3.05) is 7.11 Å². The molecular weight excluding hydrogens is 282 g/mol. The van der Waals surface area contributed by atoms with E-state index in [9.17, 15) is 18.3 Å². The summed E-state index contributed by atoms with van der Waals surface area (Å²) in [6, 6.07) is 2.67. The number of phenols is 1. The van der Waals surface area contributed by atoms with E-state index in [1.165, 1.54) is 6.07 Å². The Bertz CT molecular complexity index is 645. The molecule has 0 radical (unpaired) electrons. The average molecular weight is 297 g/mol. The average Bonchev–Trinajstić information content (AvgIpc) is 2.44. The van der Waals surface area contributed by atoms with Crippen LogP contribution in [-0.2, 0) is 14.8 Å². The monoisotopic (exact) mass is 297 g/mol. The van der Waals surface area contributed by atoms with E-state index in [1.54, 1.807) is 6.92 Å². The number of hydrogen-bond acceptors (Lipinski definition) is 5. The van der Waals surface area contributed by atoms with Crippen LogP contribution < -0.4 is 4.72 Å². The molecule has 0 saturated heterocycles. The fraction of sp³-hybridized carbons (Fsp3) is 0.308. The van der Waals surface area contributed by atoms with Crippen molar-refractivity contribution in [1.29, 1.82) is 0 Å². The van der Waals surface area contributed by atoms with Crippen molar-refractivity contribution in [3.05, 3.63) is 23.8 Å². The van der Waals surface area contributed by atoms with Gasteiger partial charge in [0.05, 0.1) is 18.0 Å². The van der Waals surface area contributed by atoms with Crippen molar-refractivity contribution in [1.82, 2.24) is 4.72 Å². The minimum atomic E-state index is -3.88. The molecule has 0 aliphatic heterocycles. The molecule has 1 rings (SSSR count). The third kappa shape index (κ3) is 3.50. The topological polar surface area (TPSA) is 92.7 Å². The lowest BCUT2D eigenvalue weighted by atomic mass is 10.2. The van der Waals surface area contributed by atoms with Crippen molar-refractivity contribution in [3.8, 4) is 18.1 Å². The molecule has 1 atom stereocenters. The number of carbonyl (C=O) groups excluding carboxylic acids is 1. The van der Waals surface area contributed by atoms with Gasteiger partial charge in [0.25, 0.3) is 0 Å². The molecule has 0 aromatic heterocycles. The van der Waals surface area contributed by atoms with Crippen molar-refractivity contribution < 1.29 is 23.1 Å². The van der Waals surface area contributed by atoms with Gasteiger partial charge in [-0.15, -0.1) is 6.42 Å². The first-order chi connectivity index (χ1) is 9.35. The van der Waals surface area contributed by atoms with Crippen LogP contribution in [0, 0.1) is 12.3 Å². The molecule has 0 amide bonds. The summed E-state index contributed by atoms with van der Waals surface area (Å²) in [7, 11) is -2.74. The molecule has 20 heavy (non-hydrogen) atoms. The molecule has 0 spiro atoms. The second kappa shape index (κ2) is 6.41. The zero-order valence-corrected chi connectivity index (χ0v) is 11.9. The number of phenolic OH excluding ortho intramolecular Hbond substituents is 1. The van der Waals surface area contributed by atoms with Crippen LogP contribution in [0.4, 0.5) is 0 Å². The highest BCUT2D eigenvalue weighted by atomic mass is 32.2. The molecule has 7 heteroatoms. The lowest BCUT2D eigenvalue weighted by molar-refractivity contribution is 0.0597. The summed E-state index contributed by atoms with van der Waals surface area (Å²) in [6.45, 7) is 1.74. The Hall–Kier alpha value is -2.04. The van der Waals surface area contributed by atoms with Gasteiger partial charge < -0.3 is 9.84 Å². The van der Waals surface area contributed by atoms with Crippen LogP contribution in [-0.4, -0.2) is 32.6 Å². The molecule has 0 bridgehead atoms. The first-order valence-corrected chi connectivity index (χ1v) is 7.23. The fourth-order valence-corrected chi connectivity index (χ4v) is 2.71. The van der Waals surface area contributed by atoms with E-state index < -0.39 is 22.0 Å². The van der Waals surface area contributed by atoms with Crippen LogP contribution >= 0.6 is 0 Å². The Balaban J connectivity index is 3.20. The number of carbonyl (C=O) groups is 1. The maximum atomic E-state index is 12.1. The molecule has 6 nitrogen and oxygen atoms in total. The summed E-state index contributed by atoms with van der Waals surface area (Å²) < 4.78 is 31.0. The number of rotatable bonds is 5. The minimum absolute atomic E-state index is 0.176. The Morgan fingerprint density at radius 2 is 2.20 bits per heavy atom. The van der Waals surface area contributed by atoms with Crippen molar-refractivity contribution in [3.63, 3.8) is 0 Å². The molecule has 0 heterocycles. The fourth-order valence-electron chi connectivity index (χ4n) is 1.45. The maximum Gasteiger partial charge on any atom is 0.341 e. The SMILES string of the molecule is C#CC(CC)NS(=O)(=O)c1ccc(O)c(C(=O)OC)c1. The van der Waals surface area contributed by atoms with Gasteiger partial charge in [0.1, 0.15) is 11.3 Å². The zero-order valence-electron chi connectivity index (χ0n) is 11.1. The van der Waals surface area contributed by atoms with Crippen molar-refractivity contribution >= 4 is 16.0 Å². The van der Waals surface area contributed by atoms with Crippen LogP contribution in [0.15, 0.2) is 23.1 Å². The number of esters is 1. The van der Waals surface area contributed by atoms with Crippen LogP contribution in [0.1, 0.15) is 23.7 Å². The number of hydrogen-bond donors (Lipinski definition) is 2. The van der Waals surface area contributed by atoms with Gasteiger partial charge in [0.15, 0.2) is 0 Å². The second-order valence-corrected chi connectivity index (χ2v) is 5.63. The van der Waals surface area contributed by atoms with Crippen molar-refractivity contribution in [2.45, 2.75) is 24.3 Å². The molecule has 1 unspecified atom stereocenters. The Morgan fingerprint density at radius 1 is 1.55 bits per heavy atom. The summed E-state index contributed by atoms with van der Waals surface area (Å²) in [4.78, 5) is 11.2. The highest BCUT2D eigenvalue weighted by Crippen LogP contribution is 2.22. The molecule has 0 aliphatic carbocycles. The Labute approximate surface area is 117 Å². The summed E-state index contributed by atoms with van der Waals surface area (Å²) in [6.07, 6.45) is 5.63. The van der Waals surface area contributed by atoms with Gasteiger partial charge in [-0.1, -0.05) is 12.8 Å². The molecule has 1 aromatic carbocycles. The van der Waals surface area contributed by atoms with Crippen LogP contribution in [0.5, 0.6) is 5.75 Å². The zero-order chi connectivity index (χ0) is 15.3. The van der Waals surface area contributed by atoms with Gasteiger partial charge in [0, 0.05) is 0 Å². The Kier molecular flexibility index (Phi) is 5.13. The maximum absolute atomic E-state index is 12.1. The summed E-state index contributed by atoms with van der Waals surface area (Å²) >= 11 is 0. The third-order valence-electron chi connectivity index (χ3n) is 2.59. The highest BCUT2D eigenvalue weighted by molar-refractivity contribution is 7.89. The van der Waals surface area contributed by atoms with E-state index >= 15 is 0 Å². The quantitative estimate of drug-likeness (QED) is 0.621. The first-order valence-electron chi connectivity index (χ1n) is 5.75. The number of sulfonamides is 1. The predicted molar refractivity (Wildman–Crippen MR) is 72.7 cm³/mol. The van der Waals surface area contributed by atoms with E-state index in [0.29, 0.717) is 6.42 Å². The lowest BCUT2D eigenvalue weighted by Gasteiger charge is -2.12. The first kappa shape index (κ1) is 16.0. The van der Waals surface area contributed by atoms with Crippen LogP contribution in [0.2, 0.25) is 0 Å². The predicted octanol–water partition coefficient (Wildman–Crippen LogP) is 0.869. The summed E-state index contributed by atoms with van der Waals surface area (Å²) in [5.41, 5.74) is -0.232. The van der Waals surface area contributed by atoms with Gasteiger partial charge in [-0.2, -0.15) is 4.72 Å². The molecule has 0 fully saturated rings. The van der Waals surface area contributed by atoms with E-state index in [0.717, 1.165) is 19.2 Å². The second-order valence-electron chi connectivity index (χ2n) is 3.92. The van der Waals surface area contributed by atoms with E-state index in [2.05, 4.69) is 15.4 Å². The molecule has 2 N–H and O–H groups in total. The summed E-state index contributed by atoms with van der Waals surface area (Å²) in [5.74, 6) is 1.11. The minimum Gasteiger partial charge on any atom is -0.507 e. The number of aromatic hydroxyl groups is 1. The van der Waals surface area contributed by atoms with Gasteiger partial charge >= 0.3 is 5.97 Å². The largest absolute Gasteiger partial charge is 0.507 e. The van der Waals surface area contributed by atoms with E-state index in [-0.39, 0.29) is 16.2 Å². The Morgan fingerprint density at radius 3 is 2.70 bits per heavy atom. The molecule has 0 saturated carbocycles. The molecule has 1 aromatic rings. The number of methoxy groups -OCH3 is 1. The van der Waals surface area contributed by atoms with Gasteiger partial charge in [-0.3, -0.25) is 0 Å². The van der Waals surface area contributed by atoms with Gasteiger partial charge in [-0.25, -0.2) is 13.2 Å². The smallest absolute Gasteiger partial charge is 0.341 e. The molecule has 108 valence electrons. The van der Waals surface area contributed by atoms with Crippen LogP contribution in [0.25, 0.3) is 0 Å². The van der Waals surface area contributed by atoms with Gasteiger partial charge in [0.2, 0.25) is 10.0 Å². The number of ether oxygens (including phenoxy) is 1. The molecular formula is C13H15NO5S. The molecule has 0 aliphatic rings. The lowest BCUT2D eigenvalue weighted by Crippen LogP contribution is -2.33. The normalized spacial score (nSPS) is 12.4. The standard InChI is InChI=1S/C13H15NO5S/c1-4-9(5-2)14-20(17,18)10-6-7-12(15)11(8-10)13(16)19-3/h1,6-9,14-15H,5H2,2-3H3. The highest BCUT2D eigenvalue weighted by Gasteiger charge is 2.21. The number of terminal acetylenes is 1. The number of benzene rings is 1. The van der Waals surface area contributed by atoms with E-state index in [4.69, 9.17) is 6.42 Å². The van der Waals surface area contributed by atoms with Crippen LogP contribution in [0.3, 0.4) is 0 Å². The third-order valence-corrected chi connectivity index (χ3v) is 4.06. The number of nitrogens with one attached hydrogen (secondary N) is 1. The summed E-state index contributed by atoms with van der Waals surface area (Å²) in [5, 5.41) is 9.53. The van der Waals surface area contributed by atoms with Crippen molar-refractivity contribution in [2.24, 2.45) is 0 Å². The van der Waals surface area contributed by atoms with E-state index in [1.807, 2.05) is 0 Å².